The van der Waals surface area contributed by atoms with Gasteiger partial charge < -0.3 is 24.4 Å². The van der Waals surface area contributed by atoms with Crippen LogP contribution >= 0.6 is 0 Å². The third-order valence-electron chi connectivity index (χ3n) is 6.08. The molecule has 0 radical (unpaired) electrons. The maximum atomic E-state index is 13.7. The first-order valence-corrected chi connectivity index (χ1v) is 12.1. The summed E-state index contributed by atoms with van der Waals surface area (Å²) in [7, 11) is 0. The van der Waals surface area contributed by atoms with E-state index in [0.717, 1.165) is 12.0 Å². The summed E-state index contributed by atoms with van der Waals surface area (Å²) in [6.07, 6.45) is 5.07. The van der Waals surface area contributed by atoms with Gasteiger partial charge in [-0.3, -0.25) is 9.59 Å². The van der Waals surface area contributed by atoms with Crippen molar-refractivity contribution in [2.45, 2.75) is 18.9 Å². The van der Waals surface area contributed by atoms with Gasteiger partial charge in [0.1, 0.15) is 19.3 Å². The van der Waals surface area contributed by atoms with E-state index in [1.165, 1.54) is 0 Å². The van der Waals surface area contributed by atoms with Crippen LogP contribution in [-0.2, 0) is 9.53 Å². The van der Waals surface area contributed by atoms with Gasteiger partial charge in [0.25, 0.3) is 11.8 Å². The number of anilines is 2. The van der Waals surface area contributed by atoms with Gasteiger partial charge in [-0.2, -0.15) is 0 Å². The minimum absolute atomic E-state index is 0.188. The number of benzene rings is 3. The maximum absolute atomic E-state index is 13.7. The number of ether oxygens (including phenoxy) is 3. The lowest BCUT2D eigenvalue weighted by Gasteiger charge is -2.25. The molecular weight excluding hydrogens is 456 g/mol. The molecule has 2 amide bonds. The van der Waals surface area contributed by atoms with E-state index in [1.54, 1.807) is 29.2 Å². The monoisotopic (exact) mass is 484 g/mol. The van der Waals surface area contributed by atoms with Crippen LogP contribution in [0.3, 0.4) is 0 Å². The highest BCUT2D eigenvalue weighted by Crippen LogP contribution is 2.34. The zero-order valence-corrected chi connectivity index (χ0v) is 19.9. The Balaban J connectivity index is 1.40. The van der Waals surface area contributed by atoms with Gasteiger partial charge >= 0.3 is 0 Å². The lowest BCUT2D eigenvalue weighted by Crippen LogP contribution is -2.31. The molecule has 7 heteroatoms. The Morgan fingerprint density at radius 1 is 0.917 bits per heavy atom. The molecule has 3 aromatic carbocycles. The van der Waals surface area contributed by atoms with Crippen LogP contribution in [0.1, 0.15) is 28.8 Å². The number of nitrogens with one attached hydrogen (secondary N) is 1. The molecule has 1 N–H and O–H groups in total. The third-order valence-corrected chi connectivity index (χ3v) is 6.08. The van der Waals surface area contributed by atoms with E-state index in [-0.39, 0.29) is 11.8 Å². The number of nitrogens with zero attached hydrogens (tertiary/aromatic N) is 1. The number of amides is 2. The average molecular weight is 485 g/mol. The topological polar surface area (TPSA) is 77.1 Å². The first-order chi connectivity index (χ1) is 17.7. The summed E-state index contributed by atoms with van der Waals surface area (Å²) in [4.78, 5) is 27.9. The van der Waals surface area contributed by atoms with Crippen LogP contribution < -0.4 is 19.7 Å². The molecule has 3 aromatic rings. The smallest absolute Gasteiger partial charge is 0.258 e. The first kappa shape index (κ1) is 23.6. The van der Waals surface area contributed by atoms with E-state index in [2.05, 4.69) is 5.32 Å². The van der Waals surface area contributed by atoms with Crippen LogP contribution in [0.4, 0.5) is 11.4 Å². The molecule has 0 saturated carbocycles. The van der Waals surface area contributed by atoms with Gasteiger partial charge in [-0.25, -0.2) is 0 Å². The summed E-state index contributed by atoms with van der Waals surface area (Å²) in [6.45, 7) is 1.90. The van der Waals surface area contributed by atoms with E-state index in [1.807, 2.05) is 60.7 Å². The minimum Gasteiger partial charge on any atom is -0.486 e. The molecule has 0 spiro atoms. The number of fused-ring (bicyclic) bond motifs is 1. The van der Waals surface area contributed by atoms with E-state index in [0.29, 0.717) is 61.2 Å². The standard InChI is InChI=1S/C29H28N2O5/c32-28(26-12-6-16-34-26)30-23-11-4-10-22(19-23)29(33)31(15-5-9-21-7-2-1-3-8-21)24-13-14-25-27(20-24)36-18-17-35-25/h1-5,7-11,13-14,19-20,26H,6,12,15-18H2,(H,30,32)/b9-5+/t26-/m0/s1. The lowest BCUT2D eigenvalue weighted by molar-refractivity contribution is -0.124. The molecule has 2 heterocycles. The normalized spacial score (nSPS) is 16.6. The Morgan fingerprint density at radius 2 is 1.75 bits per heavy atom. The SMILES string of the molecule is O=C(Nc1cccc(C(=O)N(C/C=C/c2ccccc2)c2ccc3c(c2)OCCO3)c1)[C@@H]1CCCO1. The molecule has 0 unspecified atom stereocenters. The Bertz CT molecular complexity index is 1250. The van der Waals surface area contributed by atoms with Gasteiger partial charge in [-0.15, -0.1) is 0 Å². The summed E-state index contributed by atoms with van der Waals surface area (Å²) < 4.78 is 16.9. The summed E-state index contributed by atoms with van der Waals surface area (Å²) in [5.74, 6) is 0.890. The van der Waals surface area contributed by atoms with Crippen molar-refractivity contribution in [1.82, 2.24) is 0 Å². The van der Waals surface area contributed by atoms with E-state index < -0.39 is 6.10 Å². The number of hydrogen-bond donors (Lipinski definition) is 1. The van der Waals surface area contributed by atoms with Crippen molar-refractivity contribution in [1.29, 1.82) is 0 Å². The molecule has 36 heavy (non-hydrogen) atoms. The Hall–Kier alpha value is -4.10. The second-order valence-electron chi connectivity index (χ2n) is 8.63. The highest BCUT2D eigenvalue weighted by atomic mass is 16.6. The summed E-state index contributed by atoms with van der Waals surface area (Å²) >= 11 is 0. The zero-order valence-electron chi connectivity index (χ0n) is 19.9. The first-order valence-electron chi connectivity index (χ1n) is 12.1. The van der Waals surface area contributed by atoms with E-state index in [9.17, 15) is 9.59 Å². The Morgan fingerprint density at radius 3 is 2.56 bits per heavy atom. The molecule has 2 aliphatic heterocycles. The predicted octanol–water partition coefficient (Wildman–Crippen LogP) is 4.94. The quantitative estimate of drug-likeness (QED) is 0.514. The molecule has 5 rings (SSSR count). The zero-order chi connectivity index (χ0) is 24.7. The van der Waals surface area contributed by atoms with Crippen LogP contribution in [0.15, 0.2) is 78.9 Å². The van der Waals surface area contributed by atoms with Crippen molar-refractivity contribution in [2.24, 2.45) is 0 Å². The maximum Gasteiger partial charge on any atom is 0.258 e. The molecule has 0 bridgehead atoms. The van der Waals surface area contributed by atoms with Crippen LogP contribution in [0, 0.1) is 0 Å². The van der Waals surface area contributed by atoms with Crippen molar-refractivity contribution in [3.8, 4) is 11.5 Å². The van der Waals surface area contributed by atoms with Crippen molar-refractivity contribution < 1.29 is 23.8 Å². The van der Waals surface area contributed by atoms with Gasteiger partial charge in [0.05, 0.1) is 0 Å². The molecular formula is C29H28N2O5. The van der Waals surface area contributed by atoms with Gasteiger partial charge in [-0.1, -0.05) is 48.6 Å². The number of carbonyl (C=O) groups is 2. The van der Waals surface area contributed by atoms with Gasteiger partial charge in [0.15, 0.2) is 11.5 Å². The fourth-order valence-corrected chi connectivity index (χ4v) is 4.26. The second-order valence-corrected chi connectivity index (χ2v) is 8.63. The van der Waals surface area contributed by atoms with Crippen LogP contribution in [0.25, 0.3) is 6.08 Å². The van der Waals surface area contributed by atoms with E-state index >= 15 is 0 Å². The molecule has 1 atom stereocenters. The molecule has 0 aliphatic carbocycles. The molecule has 7 nitrogen and oxygen atoms in total. The summed E-state index contributed by atoms with van der Waals surface area (Å²) in [5, 5.41) is 2.88. The number of hydrogen-bond acceptors (Lipinski definition) is 5. The largest absolute Gasteiger partial charge is 0.486 e. The van der Waals surface area contributed by atoms with Crippen molar-refractivity contribution in [3.63, 3.8) is 0 Å². The van der Waals surface area contributed by atoms with Gasteiger partial charge in [-0.05, 0) is 48.7 Å². The fourth-order valence-electron chi connectivity index (χ4n) is 4.26. The van der Waals surface area contributed by atoms with E-state index in [4.69, 9.17) is 14.2 Å². The third kappa shape index (κ3) is 5.58. The van der Waals surface area contributed by atoms with Gasteiger partial charge in [0.2, 0.25) is 0 Å². The van der Waals surface area contributed by atoms with Crippen LogP contribution in [-0.4, -0.2) is 44.3 Å². The lowest BCUT2D eigenvalue weighted by atomic mass is 10.1. The predicted molar refractivity (Wildman–Crippen MR) is 139 cm³/mol. The van der Waals surface area contributed by atoms with Crippen LogP contribution in [0.2, 0.25) is 0 Å². The average Bonchev–Trinajstić information content (AvgIpc) is 3.47. The Kier molecular flexibility index (Phi) is 7.28. The number of rotatable bonds is 7. The summed E-state index contributed by atoms with van der Waals surface area (Å²) in [5.41, 5.74) is 2.76. The molecule has 1 saturated heterocycles. The molecule has 0 aromatic heterocycles. The number of carbonyl (C=O) groups excluding carboxylic acids is 2. The Labute approximate surface area is 210 Å². The molecule has 1 fully saturated rings. The molecule has 2 aliphatic rings. The van der Waals surface area contributed by atoms with Crippen molar-refractivity contribution in [3.05, 3.63) is 90.0 Å². The highest BCUT2D eigenvalue weighted by Gasteiger charge is 2.24. The minimum atomic E-state index is -0.443. The van der Waals surface area contributed by atoms with Crippen LogP contribution in [0.5, 0.6) is 11.5 Å². The fraction of sp³-hybridized carbons (Fsp3) is 0.241. The molecule has 184 valence electrons. The highest BCUT2D eigenvalue weighted by molar-refractivity contribution is 6.07. The summed E-state index contributed by atoms with van der Waals surface area (Å²) in [6, 6.07) is 22.4. The van der Waals surface area contributed by atoms with Gasteiger partial charge in [0, 0.05) is 36.2 Å². The second kappa shape index (κ2) is 11.1. The van der Waals surface area contributed by atoms with Crippen molar-refractivity contribution in [2.75, 3.05) is 36.6 Å². The van der Waals surface area contributed by atoms with Crippen molar-refractivity contribution >= 4 is 29.3 Å².